The Bertz CT molecular complexity index is 2860. The van der Waals surface area contributed by atoms with E-state index >= 15 is 0 Å². The first-order valence-electron chi connectivity index (χ1n) is 29.8. The Kier molecular flexibility index (Phi) is 42.8. The minimum absolute atomic E-state index is 0.0140. The largest absolute Gasteiger partial charge is 0.480 e. The van der Waals surface area contributed by atoms with Crippen molar-refractivity contribution in [2.24, 2.45) is 23.7 Å². The molecule has 95 heavy (non-hydrogen) atoms. The number of nitrogens with one attached hydrogen (secondary N) is 4. The van der Waals surface area contributed by atoms with Crippen LogP contribution in [0.15, 0.2) is 72.8 Å². The molecule has 530 valence electrons. The van der Waals surface area contributed by atoms with E-state index in [1.54, 1.807) is 48.5 Å². The zero-order valence-electron chi connectivity index (χ0n) is 53.9. The van der Waals surface area contributed by atoms with Crippen LogP contribution in [0.3, 0.4) is 0 Å². The van der Waals surface area contributed by atoms with Crippen molar-refractivity contribution in [3.63, 3.8) is 0 Å². The molecule has 0 radical (unpaired) electrons. The molecule has 0 aliphatic carbocycles. The maximum atomic E-state index is 11.8. The third kappa shape index (κ3) is 46.2. The van der Waals surface area contributed by atoms with Gasteiger partial charge in [-0.1, -0.05) is 98.2 Å². The number of unbranched alkanes of at least 4 members (excludes halogenated alkanes) is 3. The molecule has 4 amide bonds. The second-order valence-corrected chi connectivity index (χ2v) is 22.1. The van der Waals surface area contributed by atoms with E-state index in [-0.39, 0.29) is 86.8 Å². The smallest absolute Gasteiger partial charge is 0.413 e. The van der Waals surface area contributed by atoms with Crippen LogP contribution >= 0.6 is 0 Å². The van der Waals surface area contributed by atoms with Crippen molar-refractivity contribution in [2.75, 3.05) is 33.0 Å². The zero-order chi connectivity index (χ0) is 72.0. The monoisotopic (exact) mass is 1350 g/mol. The Morgan fingerprint density at radius 2 is 0.674 bits per heavy atom. The van der Waals surface area contributed by atoms with Crippen LogP contribution in [0.2, 0.25) is 0 Å². The minimum Gasteiger partial charge on any atom is -0.480 e. The first kappa shape index (κ1) is 84.4. The van der Waals surface area contributed by atoms with Gasteiger partial charge in [0.15, 0.2) is 0 Å². The molecule has 3 rings (SSSR count). The number of aryl methyl sites for hydroxylation is 1. The maximum absolute atomic E-state index is 11.8. The van der Waals surface area contributed by atoms with E-state index < -0.39 is 92.8 Å². The molecule has 4 atom stereocenters. The maximum Gasteiger partial charge on any atom is 0.413 e. The molecule has 0 bridgehead atoms. The van der Waals surface area contributed by atoms with Gasteiger partial charge in [0.1, 0.15) is 54.6 Å². The zero-order valence-corrected chi connectivity index (χ0v) is 53.9. The van der Waals surface area contributed by atoms with Gasteiger partial charge in [0.2, 0.25) is 0 Å². The molecule has 3 aromatic rings. The number of amides is 4. The Labute approximate surface area is 546 Å². The van der Waals surface area contributed by atoms with Crippen molar-refractivity contribution in [2.45, 2.75) is 157 Å². The van der Waals surface area contributed by atoms with Crippen LogP contribution in [-0.2, 0) is 62.5 Å². The fourth-order valence-electron chi connectivity index (χ4n) is 7.76. The summed E-state index contributed by atoms with van der Waals surface area (Å²) in [5, 5.41) is 82.1. The van der Waals surface area contributed by atoms with Gasteiger partial charge in [-0.25, -0.2) is 38.4 Å². The lowest BCUT2D eigenvalue weighted by atomic mass is 10.0. The first-order chi connectivity index (χ1) is 44.6. The quantitative estimate of drug-likeness (QED) is 0.0150. The molecule has 4 unspecified atom stereocenters. The summed E-state index contributed by atoms with van der Waals surface area (Å²) in [5.74, 6) is -3.29. The number of carbonyl (C=O) groups excluding carboxylic acids is 4. The predicted octanol–water partition coefficient (Wildman–Crippen LogP) is 8.45. The summed E-state index contributed by atoms with van der Waals surface area (Å²) in [5.41, 5.74) is 2.36. The van der Waals surface area contributed by atoms with Gasteiger partial charge in [0, 0.05) is 0 Å². The fourth-order valence-corrected chi connectivity index (χ4v) is 7.76. The average molecular weight is 1360 g/mol. The normalized spacial score (nSPS) is 11.7. The van der Waals surface area contributed by atoms with E-state index in [1.807, 2.05) is 55.4 Å². The topological polar surface area (TPSA) is 512 Å². The van der Waals surface area contributed by atoms with Gasteiger partial charge < -0.3 is 80.0 Å². The third-order valence-corrected chi connectivity index (χ3v) is 12.0. The Morgan fingerprint density at radius 3 is 1.02 bits per heavy atom. The first-order valence-corrected chi connectivity index (χ1v) is 29.8. The van der Waals surface area contributed by atoms with Crippen LogP contribution < -0.4 is 35.5 Å². The van der Waals surface area contributed by atoms with Crippen LogP contribution in [0.1, 0.15) is 130 Å². The van der Waals surface area contributed by atoms with Crippen LogP contribution in [0.5, 0.6) is 17.2 Å². The lowest BCUT2D eigenvalue weighted by Crippen LogP contribution is -2.43. The van der Waals surface area contributed by atoms with Crippen molar-refractivity contribution in [1.82, 2.24) is 21.3 Å². The predicted molar refractivity (Wildman–Crippen MR) is 331 cm³/mol. The van der Waals surface area contributed by atoms with Crippen LogP contribution in [-0.4, -0.2) is 146 Å². The number of rotatable bonds is 40. The average Bonchev–Trinajstić information content (AvgIpc) is 1.40. The SMILES string of the molecule is CC(C)CC(NC(=O)OCCCCCCO[N+](=O)[O-])C(=O)O.CC(C)CC(NC(=O)Oc1ccc(CCCO[N+](=O)[O-])cc1)C(=O)O.CC(C)CC(NC(=O)Oc1ccc(CCO[N+](=O)[O-])cc1)C(=O)O.CC(C)CC(NC(=O)Oc1cccc(CCO[N+](=O)[O-])c1)C(=O)O. The molecule has 0 spiro atoms. The second-order valence-electron chi connectivity index (χ2n) is 22.1. The molecule has 0 saturated heterocycles. The number of carbonyl (C=O) groups is 8. The van der Waals surface area contributed by atoms with Crippen LogP contribution in [0.4, 0.5) is 19.2 Å². The highest BCUT2D eigenvalue weighted by Gasteiger charge is 2.25. The van der Waals surface area contributed by atoms with E-state index in [4.69, 9.17) is 39.4 Å². The molecule has 3 aromatic carbocycles. The van der Waals surface area contributed by atoms with Gasteiger partial charge in [-0.2, -0.15) is 0 Å². The number of benzene rings is 3. The van der Waals surface area contributed by atoms with E-state index in [2.05, 4.69) is 40.6 Å². The summed E-state index contributed by atoms with van der Waals surface area (Å²) >= 11 is 0. The van der Waals surface area contributed by atoms with Gasteiger partial charge >= 0.3 is 48.3 Å². The number of carboxylic acid groups (broad SMARTS) is 4. The molecule has 36 heteroatoms. The number of aliphatic carboxylic acids is 4. The van der Waals surface area contributed by atoms with Gasteiger partial charge in [0.25, 0.3) is 20.3 Å². The summed E-state index contributed by atoms with van der Waals surface area (Å²) in [6.07, 6.45) is 2.20. The molecular weight excluding hydrogens is 1270 g/mol. The summed E-state index contributed by atoms with van der Waals surface area (Å²) in [6.45, 7) is 14.9. The molecule has 36 nitrogen and oxygen atoms in total. The van der Waals surface area contributed by atoms with E-state index in [0.717, 1.165) is 24.0 Å². The van der Waals surface area contributed by atoms with Crippen molar-refractivity contribution in [3.8, 4) is 17.2 Å². The van der Waals surface area contributed by atoms with E-state index in [1.165, 1.54) is 24.3 Å². The third-order valence-electron chi connectivity index (χ3n) is 12.0. The molecule has 0 heterocycles. The molecule has 0 aliphatic rings. The number of carboxylic acids is 4. The van der Waals surface area contributed by atoms with Gasteiger partial charge in [-0.3, -0.25) is 0 Å². The summed E-state index contributed by atoms with van der Waals surface area (Å²) in [7, 11) is 0. The standard InChI is InChI=1S/C16H22N2O7.2C15H20N2O7.C13H24N2O7/c1-11(2)10-14(15(19)20)17-16(21)25-13-7-5-12(6-8-13)4-3-9-24-18(22)23;1-10(2)9-13(14(18)19)16-15(20)24-12-5-3-11(4-6-12)7-8-23-17(21)22;1-10(2)8-13(14(18)19)16-15(20)24-12-5-3-4-11(9-12)6-7-23-17(21)22;1-10(2)9-11(12(16)17)14-13(18)21-7-5-3-4-6-8-22-15(19)20/h5-8,11,14H,3-4,9-10H2,1-2H3,(H,17,21)(H,19,20);3-6,10,13H,7-9H2,1-2H3,(H,16,20)(H,18,19);3-5,9-10,13H,6-8H2,1-2H3,(H,16,20)(H,18,19);10-11H,3-9H2,1-2H3,(H,14,18)(H,16,17). The number of hydrogen-bond acceptors (Lipinski definition) is 24. The number of hydrogen-bond donors (Lipinski definition) is 8. The Balaban J connectivity index is 0.00000124. The minimum atomic E-state index is -1.13. The fraction of sp³-hybridized carbons (Fsp3) is 0.559. The molecule has 0 fully saturated rings. The molecule has 8 N–H and O–H groups in total. The number of nitrogens with zero attached hydrogens (tertiary/aromatic N) is 4. The number of alkyl carbamates (subject to hydrolysis) is 1. The van der Waals surface area contributed by atoms with Gasteiger partial charge in [-0.15, -0.1) is 40.5 Å². The van der Waals surface area contributed by atoms with E-state index in [9.17, 15) is 78.8 Å². The van der Waals surface area contributed by atoms with Crippen molar-refractivity contribution < 1.29 is 117 Å². The lowest BCUT2D eigenvalue weighted by Gasteiger charge is -2.16. The highest BCUT2D eigenvalue weighted by Crippen LogP contribution is 2.18. The van der Waals surface area contributed by atoms with Crippen molar-refractivity contribution >= 4 is 48.3 Å². The summed E-state index contributed by atoms with van der Waals surface area (Å²) < 4.78 is 20.0. The lowest BCUT2D eigenvalue weighted by molar-refractivity contribution is -0.757. The van der Waals surface area contributed by atoms with Gasteiger partial charge in [0.05, 0.1) is 19.8 Å². The van der Waals surface area contributed by atoms with E-state index in [0.29, 0.717) is 56.9 Å². The Morgan fingerprint density at radius 1 is 0.368 bits per heavy atom. The van der Waals surface area contributed by atoms with Gasteiger partial charge in [-0.05, 0) is 147 Å². The number of ether oxygens (including phenoxy) is 4. The van der Waals surface area contributed by atoms with Crippen molar-refractivity contribution in [3.05, 3.63) is 130 Å². The Hall–Kier alpha value is -10.6. The highest BCUT2D eigenvalue weighted by atomic mass is 17.0. The molecule has 0 aromatic heterocycles. The molecular formula is C59H86N8O28. The molecule has 0 aliphatic heterocycles. The van der Waals surface area contributed by atoms with Crippen LogP contribution in [0, 0.1) is 64.1 Å². The molecule has 0 saturated carbocycles. The summed E-state index contributed by atoms with van der Waals surface area (Å²) in [4.78, 5) is 148. The second kappa shape index (κ2) is 48.2. The summed E-state index contributed by atoms with van der Waals surface area (Å²) in [6, 6.07) is 15.2. The van der Waals surface area contributed by atoms with Crippen LogP contribution in [0.25, 0.3) is 0 Å². The van der Waals surface area contributed by atoms with Crippen molar-refractivity contribution in [1.29, 1.82) is 0 Å². The highest BCUT2D eigenvalue weighted by molar-refractivity contribution is 5.82.